The Kier molecular flexibility index (Phi) is 4.95. The van der Waals surface area contributed by atoms with Gasteiger partial charge in [-0.3, -0.25) is 4.79 Å². The summed E-state index contributed by atoms with van der Waals surface area (Å²) in [6.07, 6.45) is 1.38. The summed E-state index contributed by atoms with van der Waals surface area (Å²) in [5.41, 5.74) is 1.47. The van der Waals surface area contributed by atoms with E-state index in [1.54, 1.807) is 13.0 Å². The van der Waals surface area contributed by atoms with Gasteiger partial charge in [-0.2, -0.15) is 0 Å². The molecule has 0 saturated heterocycles. The molecule has 1 N–H and O–H groups in total. The average Bonchev–Trinajstić information content (AvgIpc) is 2.17. The van der Waals surface area contributed by atoms with Gasteiger partial charge in [0, 0.05) is 0 Å². The molecular weight excluding hydrogens is 188 g/mol. The lowest BCUT2D eigenvalue weighted by Gasteiger charge is -2.34. The highest BCUT2D eigenvalue weighted by molar-refractivity contribution is 6.00. The lowest BCUT2D eigenvalue weighted by Crippen LogP contribution is -2.35. The molecule has 0 aromatic rings. The van der Waals surface area contributed by atoms with Crippen LogP contribution in [0.5, 0.6) is 0 Å². The number of aliphatic hydroxyl groups excluding tert-OH is 1. The average molecular weight is 210 g/mol. The fraction of sp³-hybridized carbons (Fsp3) is 0.615. The first kappa shape index (κ1) is 14.1. The van der Waals surface area contributed by atoms with Gasteiger partial charge in [0.25, 0.3) is 0 Å². The Labute approximate surface area is 92.7 Å². The van der Waals surface area contributed by atoms with E-state index < -0.39 is 6.10 Å². The fourth-order valence-electron chi connectivity index (χ4n) is 2.01. The molecule has 1 atom stereocenters. The van der Waals surface area contributed by atoms with Crippen molar-refractivity contribution < 1.29 is 9.90 Å². The zero-order chi connectivity index (χ0) is 12.2. The molecule has 0 amide bonds. The van der Waals surface area contributed by atoms with Crippen molar-refractivity contribution in [3.8, 4) is 0 Å². The maximum atomic E-state index is 11.4. The third-order valence-electron chi connectivity index (χ3n) is 2.71. The van der Waals surface area contributed by atoms with Crippen molar-refractivity contribution in [2.75, 3.05) is 0 Å². The molecule has 0 heterocycles. The molecule has 0 aliphatic heterocycles. The standard InChI is InChI=1S/C11H16O2.C2H6/c1-5-8-7(2)10(13)9(12)6-11(8,3)4;1-2/h5,9,12H,1,6H2,2-4H3;1-2H3. The predicted molar refractivity (Wildman–Crippen MR) is 63.7 cm³/mol. The first-order valence-corrected chi connectivity index (χ1v) is 5.46. The maximum Gasteiger partial charge on any atom is 0.187 e. The van der Waals surface area contributed by atoms with Crippen LogP contribution in [-0.2, 0) is 4.79 Å². The van der Waals surface area contributed by atoms with E-state index in [0.29, 0.717) is 12.0 Å². The molecule has 0 aromatic carbocycles. The smallest absolute Gasteiger partial charge is 0.187 e. The number of hydrogen-bond acceptors (Lipinski definition) is 2. The summed E-state index contributed by atoms with van der Waals surface area (Å²) in [6.45, 7) is 13.5. The van der Waals surface area contributed by atoms with Gasteiger partial charge in [-0.1, -0.05) is 40.3 Å². The van der Waals surface area contributed by atoms with E-state index in [0.717, 1.165) is 5.57 Å². The van der Waals surface area contributed by atoms with Crippen molar-refractivity contribution in [1.29, 1.82) is 0 Å². The van der Waals surface area contributed by atoms with Crippen LogP contribution >= 0.6 is 0 Å². The Morgan fingerprint density at radius 2 is 1.93 bits per heavy atom. The van der Waals surface area contributed by atoms with Crippen LogP contribution in [0.15, 0.2) is 23.8 Å². The summed E-state index contributed by atoms with van der Waals surface area (Å²) in [7, 11) is 0. The fourth-order valence-corrected chi connectivity index (χ4v) is 2.01. The number of aliphatic hydroxyl groups is 1. The summed E-state index contributed by atoms with van der Waals surface area (Å²) in [5, 5.41) is 9.48. The molecule has 0 bridgehead atoms. The minimum atomic E-state index is -0.835. The Balaban J connectivity index is 0.000000921. The predicted octanol–water partition coefficient (Wildman–Crippen LogP) is 2.88. The van der Waals surface area contributed by atoms with Crippen molar-refractivity contribution >= 4 is 5.78 Å². The zero-order valence-electron chi connectivity index (χ0n) is 10.4. The van der Waals surface area contributed by atoms with Gasteiger partial charge in [-0.15, -0.1) is 0 Å². The minimum absolute atomic E-state index is 0.140. The Hall–Kier alpha value is -0.890. The number of rotatable bonds is 1. The number of carbonyl (C=O) groups excluding carboxylic acids is 1. The molecule has 1 aliphatic rings. The van der Waals surface area contributed by atoms with Crippen molar-refractivity contribution in [1.82, 2.24) is 0 Å². The molecule has 1 rings (SSSR count). The van der Waals surface area contributed by atoms with Crippen LogP contribution in [0.2, 0.25) is 0 Å². The van der Waals surface area contributed by atoms with Crippen LogP contribution < -0.4 is 0 Å². The molecular formula is C13H22O2. The number of carbonyl (C=O) groups is 1. The Bertz CT molecular complexity index is 285. The summed E-state index contributed by atoms with van der Waals surface area (Å²) in [4.78, 5) is 11.4. The SMILES string of the molecule is C=CC1=C(C)C(=O)C(O)CC1(C)C.CC. The van der Waals surface area contributed by atoms with E-state index in [-0.39, 0.29) is 11.2 Å². The molecule has 0 aromatic heterocycles. The monoisotopic (exact) mass is 210 g/mol. The lowest BCUT2D eigenvalue weighted by atomic mass is 9.71. The van der Waals surface area contributed by atoms with Gasteiger partial charge >= 0.3 is 0 Å². The molecule has 0 fully saturated rings. The second kappa shape index (κ2) is 5.26. The number of ketones is 1. The van der Waals surface area contributed by atoms with Crippen LogP contribution in [0.25, 0.3) is 0 Å². The Morgan fingerprint density at radius 1 is 1.47 bits per heavy atom. The van der Waals surface area contributed by atoms with Gasteiger partial charge in [0.1, 0.15) is 6.10 Å². The quantitative estimate of drug-likeness (QED) is 0.722. The first-order valence-electron chi connectivity index (χ1n) is 5.46. The topological polar surface area (TPSA) is 37.3 Å². The number of Topliss-reactive ketones (excluding diaryl/α,β-unsaturated/α-hetero) is 1. The summed E-state index contributed by atoms with van der Waals surface area (Å²) in [6, 6.07) is 0. The molecule has 86 valence electrons. The van der Waals surface area contributed by atoms with Crippen molar-refractivity contribution in [3.05, 3.63) is 23.8 Å². The van der Waals surface area contributed by atoms with E-state index in [9.17, 15) is 9.90 Å². The van der Waals surface area contributed by atoms with E-state index >= 15 is 0 Å². The van der Waals surface area contributed by atoms with Crippen molar-refractivity contribution in [2.24, 2.45) is 5.41 Å². The van der Waals surface area contributed by atoms with Gasteiger partial charge < -0.3 is 5.11 Å². The highest BCUT2D eigenvalue weighted by Gasteiger charge is 2.36. The van der Waals surface area contributed by atoms with E-state index in [1.165, 1.54) is 0 Å². The van der Waals surface area contributed by atoms with Gasteiger partial charge in [0.05, 0.1) is 0 Å². The summed E-state index contributed by atoms with van der Waals surface area (Å²) in [5.74, 6) is -0.158. The normalized spacial score (nSPS) is 24.4. The molecule has 1 unspecified atom stereocenters. The second-order valence-corrected chi connectivity index (χ2v) is 4.21. The van der Waals surface area contributed by atoms with E-state index in [1.807, 2.05) is 27.7 Å². The van der Waals surface area contributed by atoms with Crippen molar-refractivity contribution in [2.45, 2.75) is 47.1 Å². The maximum absolute atomic E-state index is 11.4. The molecule has 0 saturated carbocycles. The van der Waals surface area contributed by atoms with Gasteiger partial charge in [0.2, 0.25) is 0 Å². The van der Waals surface area contributed by atoms with Crippen LogP contribution in [0.3, 0.4) is 0 Å². The van der Waals surface area contributed by atoms with Gasteiger partial charge in [-0.25, -0.2) is 0 Å². The summed E-state index contributed by atoms with van der Waals surface area (Å²) >= 11 is 0. The van der Waals surface area contributed by atoms with Gasteiger partial charge in [0.15, 0.2) is 5.78 Å². The number of allylic oxidation sites excluding steroid dienone is 2. The molecule has 2 nitrogen and oxygen atoms in total. The van der Waals surface area contributed by atoms with E-state index in [2.05, 4.69) is 6.58 Å². The zero-order valence-corrected chi connectivity index (χ0v) is 10.4. The molecule has 2 heteroatoms. The van der Waals surface area contributed by atoms with Crippen LogP contribution in [0, 0.1) is 5.41 Å². The first-order chi connectivity index (χ1) is 6.90. The lowest BCUT2D eigenvalue weighted by molar-refractivity contribution is -0.125. The van der Waals surface area contributed by atoms with Crippen LogP contribution in [0.4, 0.5) is 0 Å². The largest absolute Gasteiger partial charge is 0.385 e. The highest BCUT2D eigenvalue weighted by Crippen LogP contribution is 2.39. The minimum Gasteiger partial charge on any atom is -0.385 e. The van der Waals surface area contributed by atoms with Crippen LogP contribution in [0.1, 0.15) is 41.0 Å². The molecule has 0 radical (unpaired) electrons. The molecule has 1 aliphatic carbocycles. The van der Waals surface area contributed by atoms with Crippen LogP contribution in [-0.4, -0.2) is 17.0 Å². The second-order valence-electron chi connectivity index (χ2n) is 4.21. The highest BCUT2D eigenvalue weighted by atomic mass is 16.3. The molecule has 0 spiro atoms. The summed E-state index contributed by atoms with van der Waals surface area (Å²) < 4.78 is 0. The third kappa shape index (κ3) is 2.78. The Morgan fingerprint density at radius 3 is 2.33 bits per heavy atom. The molecule has 15 heavy (non-hydrogen) atoms. The third-order valence-corrected chi connectivity index (χ3v) is 2.71. The van der Waals surface area contributed by atoms with E-state index in [4.69, 9.17) is 0 Å². The van der Waals surface area contributed by atoms with Gasteiger partial charge in [-0.05, 0) is 29.9 Å². The number of hydrogen-bond donors (Lipinski definition) is 1. The van der Waals surface area contributed by atoms with Crippen molar-refractivity contribution in [3.63, 3.8) is 0 Å².